The average molecular weight is 330 g/mol. The third-order valence-electron chi connectivity index (χ3n) is 4.02. The molecule has 1 unspecified atom stereocenters. The average Bonchev–Trinajstić information content (AvgIpc) is 2.93. The first-order valence-electron chi connectivity index (χ1n) is 7.57. The zero-order chi connectivity index (χ0) is 17.3. The molecule has 0 radical (unpaired) electrons. The van der Waals surface area contributed by atoms with Crippen molar-refractivity contribution in [2.24, 2.45) is 5.92 Å². The van der Waals surface area contributed by atoms with Crippen molar-refractivity contribution >= 4 is 23.2 Å². The van der Waals surface area contributed by atoms with Crippen LogP contribution in [0.4, 0.5) is 20.2 Å². The summed E-state index contributed by atoms with van der Waals surface area (Å²) < 4.78 is 27.6. The number of aryl methyl sites for hydroxylation is 1. The smallest absolute Gasteiger partial charge is 0.229 e. The van der Waals surface area contributed by atoms with E-state index in [1.54, 1.807) is 19.1 Å². The van der Waals surface area contributed by atoms with E-state index < -0.39 is 23.5 Å². The van der Waals surface area contributed by atoms with Gasteiger partial charge in [-0.3, -0.25) is 9.59 Å². The quantitative estimate of drug-likeness (QED) is 0.939. The molecule has 124 valence electrons. The Balaban J connectivity index is 1.75. The van der Waals surface area contributed by atoms with E-state index in [9.17, 15) is 18.4 Å². The first-order chi connectivity index (χ1) is 11.5. The molecular weight excluding hydrogens is 314 g/mol. The molecule has 3 rings (SSSR count). The second-order valence-corrected chi connectivity index (χ2v) is 5.83. The normalized spacial score (nSPS) is 17.2. The van der Waals surface area contributed by atoms with Gasteiger partial charge in [0.1, 0.15) is 11.6 Å². The standard InChI is InChI=1S/C18H16F2N2O2/c1-11-6-7-13(19)15(8-11)21-18(24)12-9-17(23)22(10-12)16-5-3-2-4-14(16)20/h2-8,12H,9-10H2,1H3,(H,21,24). The van der Waals surface area contributed by atoms with E-state index in [-0.39, 0.29) is 30.2 Å². The Bertz CT molecular complexity index is 807. The Morgan fingerprint density at radius 3 is 2.67 bits per heavy atom. The van der Waals surface area contributed by atoms with E-state index >= 15 is 0 Å². The lowest BCUT2D eigenvalue weighted by Gasteiger charge is -2.17. The van der Waals surface area contributed by atoms with Gasteiger partial charge in [0.25, 0.3) is 0 Å². The van der Waals surface area contributed by atoms with Crippen molar-refractivity contribution in [1.82, 2.24) is 0 Å². The van der Waals surface area contributed by atoms with Gasteiger partial charge in [-0.05, 0) is 36.8 Å². The van der Waals surface area contributed by atoms with E-state index in [2.05, 4.69) is 5.32 Å². The SMILES string of the molecule is Cc1ccc(F)c(NC(=O)C2CC(=O)N(c3ccccc3F)C2)c1. The summed E-state index contributed by atoms with van der Waals surface area (Å²) >= 11 is 0. The van der Waals surface area contributed by atoms with Crippen LogP contribution in [-0.4, -0.2) is 18.4 Å². The van der Waals surface area contributed by atoms with Crippen LogP contribution in [0.1, 0.15) is 12.0 Å². The third-order valence-corrected chi connectivity index (χ3v) is 4.02. The summed E-state index contributed by atoms with van der Waals surface area (Å²) in [6, 6.07) is 10.3. The second kappa shape index (κ2) is 6.39. The molecule has 1 aliphatic heterocycles. The van der Waals surface area contributed by atoms with E-state index in [0.29, 0.717) is 0 Å². The Hall–Kier alpha value is -2.76. The van der Waals surface area contributed by atoms with E-state index in [4.69, 9.17) is 0 Å². The zero-order valence-electron chi connectivity index (χ0n) is 13.1. The lowest BCUT2D eigenvalue weighted by molar-refractivity contribution is -0.122. The van der Waals surface area contributed by atoms with E-state index in [1.807, 2.05) is 0 Å². The first kappa shape index (κ1) is 16.1. The van der Waals surface area contributed by atoms with Crippen molar-refractivity contribution in [3.8, 4) is 0 Å². The number of hydrogen-bond donors (Lipinski definition) is 1. The van der Waals surface area contributed by atoms with Crippen molar-refractivity contribution < 1.29 is 18.4 Å². The Morgan fingerprint density at radius 2 is 1.92 bits per heavy atom. The molecule has 2 aromatic rings. The van der Waals surface area contributed by atoms with Crippen molar-refractivity contribution in [2.75, 3.05) is 16.8 Å². The van der Waals surface area contributed by atoms with Gasteiger partial charge < -0.3 is 10.2 Å². The molecule has 1 saturated heterocycles. The van der Waals surface area contributed by atoms with Gasteiger partial charge in [0, 0.05) is 13.0 Å². The van der Waals surface area contributed by atoms with Crippen molar-refractivity contribution in [3.63, 3.8) is 0 Å². The maximum absolute atomic E-state index is 13.8. The molecule has 1 fully saturated rings. The monoisotopic (exact) mass is 330 g/mol. The Labute approximate surface area is 138 Å². The highest BCUT2D eigenvalue weighted by Gasteiger charge is 2.36. The molecule has 4 nitrogen and oxygen atoms in total. The molecule has 1 aliphatic rings. The number of hydrogen-bond acceptors (Lipinski definition) is 2. The van der Waals surface area contributed by atoms with Gasteiger partial charge in [0.05, 0.1) is 17.3 Å². The van der Waals surface area contributed by atoms with Crippen LogP contribution in [0.25, 0.3) is 0 Å². The number of carbonyl (C=O) groups excluding carboxylic acids is 2. The van der Waals surface area contributed by atoms with Crippen LogP contribution in [0.3, 0.4) is 0 Å². The lowest BCUT2D eigenvalue weighted by atomic mass is 10.1. The number of halogens is 2. The highest BCUT2D eigenvalue weighted by molar-refractivity contribution is 6.03. The van der Waals surface area contributed by atoms with Gasteiger partial charge in [-0.1, -0.05) is 18.2 Å². The van der Waals surface area contributed by atoms with Crippen LogP contribution in [0.5, 0.6) is 0 Å². The van der Waals surface area contributed by atoms with E-state index in [1.165, 1.54) is 35.2 Å². The summed E-state index contributed by atoms with van der Waals surface area (Å²) in [4.78, 5) is 25.7. The first-order valence-corrected chi connectivity index (χ1v) is 7.57. The Kier molecular flexibility index (Phi) is 4.29. The summed E-state index contributed by atoms with van der Waals surface area (Å²) in [6.45, 7) is 1.85. The molecule has 1 atom stereocenters. The van der Waals surface area contributed by atoms with Gasteiger partial charge >= 0.3 is 0 Å². The van der Waals surface area contributed by atoms with Crippen LogP contribution in [0.15, 0.2) is 42.5 Å². The highest BCUT2D eigenvalue weighted by Crippen LogP contribution is 2.28. The number of nitrogens with zero attached hydrogens (tertiary/aromatic N) is 1. The number of para-hydroxylation sites is 1. The molecule has 0 aliphatic carbocycles. The zero-order valence-corrected chi connectivity index (χ0v) is 13.1. The van der Waals surface area contributed by atoms with Gasteiger partial charge in [-0.25, -0.2) is 8.78 Å². The minimum atomic E-state index is -0.656. The lowest BCUT2D eigenvalue weighted by Crippen LogP contribution is -2.28. The highest BCUT2D eigenvalue weighted by atomic mass is 19.1. The van der Waals surface area contributed by atoms with Gasteiger partial charge in [0.15, 0.2) is 0 Å². The fraction of sp³-hybridized carbons (Fsp3) is 0.222. The summed E-state index contributed by atoms with van der Waals surface area (Å²) in [5, 5.41) is 2.51. The molecule has 0 bridgehead atoms. The molecule has 0 aromatic heterocycles. The number of anilines is 2. The van der Waals surface area contributed by atoms with Crippen molar-refractivity contribution in [1.29, 1.82) is 0 Å². The summed E-state index contributed by atoms with van der Waals surface area (Å²) in [5.74, 6) is -2.49. The summed E-state index contributed by atoms with van der Waals surface area (Å²) in [5.41, 5.74) is 1.04. The molecule has 0 spiro atoms. The van der Waals surface area contributed by atoms with Gasteiger partial charge in [-0.15, -0.1) is 0 Å². The molecule has 24 heavy (non-hydrogen) atoms. The maximum Gasteiger partial charge on any atom is 0.229 e. The van der Waals surface area contributed by atoms with E-state index in [0.717, 1.165) is 5.56 Å². The predicted octanol–water partition coefficient (Wildman–Crippen LogP) is 3.26. The largest absolute Gasteiger partial charge is 0.323 e. The van der Waals surface area contributed by atoms with Crippen LogP contribution >= 0.6 is 0 Å². The van der Waals surface area contributed by atoms with Crippen LogP contribution in [0, 0.1) is 24.5 Å². The number of carbonyl (C=O) groups is 2. The van der Waals surface area contributed by atoms with Crippen molar-refractivity contribution in [2.45, 2.75) is 13.3 Å². The fourth-order valence-corrected chi connectivity index (χ4v) is 2.76. The predicted molar refractivity (Wildman–Crippen MR) is 86.6 cm³/mol. The maximum atomic E-state index is 13.8. The van der Waals surface area contributed by atoms with Crippen LogP contribution < -0.4 is 10.2 Å². The molecule has 2 amide bonds. The molecule has 6 heteroatoms. The molecule has 1 heterocycles. The van der Waals surface area contributed by atoms with Crippen molar-refractivity contribution in [3.05, 3.63) is 59.7 Å². The second-order valence-electron chi connectivity index (χ2n) is 5.83. The van der Waals surface area contributed by atoms with Gasteiger partial charge in [0.2, 0.25) is 11.8 Å². The fourth-order valence-electron chi connectivity index (χ4n) is 2.76. The molecule has 0 saturated carbocycles. The van der Waals surface area contributed by atoms with Gasteiger partial charge in [-0.2, -0.15) is 0 Å². The third kappa shape index (κ3) is 3.13. The number of rotatable bonds is 3. The number of nitrogens with one attached hydrogen (secondary N) is 1. The Morgan fingerprint density at radius 1 is 1.17 bits per heavy atom. The van der Waals surface area contributed by atoms with Crippen LogP contribution in [-0.2, 0) is 9.59 Å². The molecule has 1 N–H and O–H groups in total. The van der Waals surface area contributed by atoms with Crippen LogP contribution in [0.2, 0.25) is 0 Å². The molecular formula is C18H16F2N2O2. The summed E-state index contributed by atoms with van der Waals surface area (Å²) in [7, 11) is 0. The minimum Gasteiger partial charge on any atom is -0.323 e. The topological polar surface area (TPSA) is 49.4 Å². The number of benzene rings is 2. The summed E-state index contributed by atoms with van der Waals surface area (Å²) in [6.07, 6.45) is -0.0341. The minimum absolute atomic E-state index is 0.0341. The number of amides is 2. The molecule has 2 aromatic carbocycles.